The van der Waals surface area contributed by atoms with Crippen LogP contribution in [0.3, 0.4) is 0 Å². The van der Waals surface area contributed by atoms with E-state index in [1.807, 2.05) is 30.3 Å². The summed E-state index contributed by atoms with van der Waals surface area (Å²) < 4.78 is 15.6. The Balaban J connectivity index is 1.55. The maximum absolute atomic E-state index is 11.9. The summed E-state index contributed by atoms with van der Waals surface area (Å²) in [5, 5.41) is 6.23. The van der Waals surface area contributed by atoms with Crippen molar-refractivity contribution < 1.29 is 19.0 Å². The summed E-state index contributed by atoms with van der Waals surface area (Å²) in [5.74, 6) is 2.11. The lowest BCUT2D eigenvalue weighted by atomic mass is 10.2. The lowest BCUT2D eigenvalue weighted by Crippen LogP contribution is -2.13. The zero-order chi connectivity index (χ0) is 20.5. The molecular weight excluding hydrogens is 372 g/mol. The second kappa shape index (κ2) is 9.93. The minimum absolute atomic E-state index is 0.420. The Kier molecular flexibility index (Phi) is 6.83. The van der Waals surface area contributed by atoms with E-state index in [0.29, 0.717) is 36.2 Å². The summed E-state index contributed by atoms with van der Waals surface area (Å²) in [5.41, 5.74) is 1.03. The number of aromatic nitrogens is 2. The Morgan fingerprint density at radius 3 is 2.52 bits per heavy atom. The van der Waals surface area contributed by atoms with Gasteiger partial charge >= 0.3 is 5.97 Å². The highest BCUT2D eigenvalue weighted by Crippen LogP contribution is 2.21. The van der Waals surface area contributed by atoms with Gasteiger partial charge in [-0.25, -0.2) is 9.78 Å². The number of nitrogens with one attached hydrogen (secondary N) is 2. The highest BCUT2D eigenvalue weighted by atomic mass is 16.5. The van der Waals surface area contributed by atoms with E-state index in [1.165, 1.54) is 7.11 Å². The van der Waals surface area contributed by atoms with Gasteiger partial charge in [0.25, 0.3) is 0 Å². The number of anilines is 3. The number of carbonyl (C=O) groups is 1. The van der Waals surface area contributed by atoms with Crippen molar-refractivity contribution in [2.24, 2.45) is 0 Å². The fourth-order valence-electron chi connectivity index (χ4n) is 2.54. The summed E-state index contributed by atoms with van der Waals surface area (Å²) in [4.78, 5) is 20.5. The number of methoxy groups -OCH3 is 2. The summed E-state index contributed by atoms with van der Waals surface area (Å²) >= 11 is 0. The molecule has 0 aliphatic heterocycles. The minimum atomic E-state index is -0.420. The van der Waals surface area contributed by atoms with E-state index in [9.17, 15) is 4.79 Å². The second-order valence-corrected chi connectivity index (χ2v) is 5.88. The van der Waals surface area contributed by atoms with Crippen LogP contribution < -0.4 is 20.1 Å². The molecule has 3 aromatic rings. The monoisotopic (exact) mass is 394 g/mol. The van der Waals surface area contributed by atoms with Gasteiger partial charge in [-0.05, 0) is 42.5 Å². The fourth-order valence-corrected chi connectivity index (χ4v) is 2.54. The quantitative estimate of drug-likeness (QED) is 0.421. The fraction of sp³-hybridized carbons (Fsp3) is 0.190. The van der Waals surface area contributed by atoms with Crippen molar-refractivity contribution in [3.05, 3.63) is 66.4 Å². The van der Waals surface area contributed by atoms with E-state index in [-0.39, 0.29) is 0 Å². The van der Waals surface area contributed by atoms with Crippen molar-refractivity contribution >= 4 is 23.4 Å². The summed E-state index contributed by atoms with van der Waals surface area (Å²) in [6.45, 7) is 0.965. The molecule has 0 atom stereocenters. The third-order valence-electron chi connectivity index (χ3n) is 3.96. The average Bonchev–Trinajstić information content (AvgIpc) is 2.77. The Morgan fingerprint density at radius 1 is 1.00 bits per heavy atom. The number of ether oxygens (including phenoxy) is 3. The van der Waals surface area contributed by atoms with Gasteiger partial charge in [0, 0.05) is 6.20 Å². The van der Waals surface area contributed by atoms with Crippen LogP contribution >= 0.6 is 0 Å². The summed E-state index contributed by atoms with van der Waals surface area (Å²) in [6.07, 6.45) is 1.63. The standard InChI is InChI=1S/C21H22N4O4/c1-27-15-7-9-16(10-8-15)29-14-13-23-21-22-12-11-19(25-21)24-18-6-4-3-5-17(18)20(26)28-2/h3-12H,13-14H2,1-2H3,(H2,22,23,24,25). The zero-order valence-corrected chi connectivity index (χ0v) is 16.2. The molecule has 0 bridgehead atoms. The van der Waals surface area contributed by atoms with Gasteiger partial charge < -0.3 is 24.8 Å². The molecule has 150 valence electrons. The SMILES string of the molecule is COC(=O)c1ccccc1Nc1ccnc(NCCOc2ccc(OC)cc2)n1. The van der Waals surface area contributed by atoms with E-state index in [2.05, 4.69) is 20.6 Å². The third-order valence-corrected chi connectivity index (χ3v) is 3.96. The van der Waals surface area contributed by atoms with Gasteiger partial charge in [0.1, 0.15) is 23.9 Å². The number of rotatable bonds is 9. The largest absolute Gasteiger partial charge is 0.497 e. The molecule has 2 N–H and O–H groups in total. The predicted octanol–water partition coefficient (Wildman–Crippen LogP) is 3.51. The molecule has 0 aliphatic carbocycles. The Labute approximate surface area is 168 Å². The molecule has 0 amide bonds. The Bertz CT molecular complexity index is 947. The van der Waals surface area contributed by atoms with E-state index >= 15 is 0 Å². The van der Waals surface area contributed by atoms with Gasteiger partial charge in [0.15, 0.2) is 0 Å². The Hall–Kier alpha value is -3.81. The smallest absolute Gasteiger partial charge is 0.339 e. The molecule has 29 heavy (non-hydrogen) atoms. The first-order valence-electron chi connectivity index (χ1n) is 8.97. The number of para-hydroxylation sites is 1. The van der Waals surface area contributed by atoms with Crippen LogP contribution in [0.15, 0.2) is 60.8 Å². The van der Waals surface area contributed by atoms with Gasteiger partial charge in [-0.1, -0.05) is 12.1 Å². The summed E-state index contributed by atoms with van der Waals surface area (Å²) in [7, 11) is 2.97. The van der Waals surface area contributed by atoms with E-state index in [1.54, 1.807) is 37.6 Å². The van der Waals surface area contributed by atoms with Gasteiger partial charge in [-0.15, -0.1) is 0 Å². The van der Waals surface area contributed by atoms with Crippen LogP contribution in [0.5, 0.6) is 11.5 Å². The van der Waals surface area contributed by atoms with E-state index < -0.39 is 5.97 Å². The highest BCUT2D eigenvalue weighted by molar-refractivity contribution is 5.96. The predicted molar refractivity (Wildman–Crippen MR) is 110 cm³/mol. The van der Waals surface area contributed by atoms with Crippen LogP contribution in [-0.4, -0.2) is 43.3 Å². The average molecular weight is 394 g/mol. The maximum Gasteiger partial charge on any atom is 0.339 e. The first-order valence-corrected chi connectivity index (χ1v) is 8.97. The topological polar surface area (TPSA) is 94.6 Å². The molecule has 0 fully saturated rings. The molecule has 1 aromatic heterocycles. The van der Waals surface area contributed by atoms with Crippen molar-refractivity contribution in [3.63, 3.8) is 0 Å². The molecule has 3 rings (SSSR count). The van der Waals surface area contributed by atoms with E-state index in [0.717, 1.165) is 11.5 Å². The number of benzene rings is 2. The molecular formula is C21H22N4O4. The molecule has 0 unspecified atom stereocenters. The summed E-state index contributed by atoms with van der Waals surface area (Å²) in [6, 6.07) is 16.2. The lowest BCUT2D eigenvalue weighted by Gasteiger charge is -2.11. The number of nitrogens with zero attached hydrogens (tertiary/aromatic N) is 2. The third kappa shape index (κ3) is 5.58. The van der Waals surface area contributed by atoms with Crippen LogP contribution in [-0.2, 0) is 4.74 Å². The van der Waals surface area contributed by atoms with Crippen LogP contribution in [0.25, 0.3) is 0 Å². The normalized spacial score (nSPS) is 10.1. The molecule has 0 radical (unpaired) electrons. The van der Waals surface area contributed by atoms with Crippen molar-refractivity contribution in [1.29, 1.82) is 0 Å². The lowest BCUT2D eigenvalue weighted by molar-refractivity contribution is 0.0602. The van der Waals surface area contributed by atoms with Crippen LogP contribution in [0.2, 0.25) is 0 Å². The van der Waals surface area contributed by atoms with Gasteiger partial charge in [0.2, 0.25) is 5.95 Å². The molecule has 0 spiro atoms. The first-order chi connectivity index (χ1) is 14.2. The number of carbonyl (C=O) groups excluding carboxylic acids is 1. The molecule has 1 heterocycles. The van der Waals surface area contributed by atoms with Crippen LogP contribution in [0, 0.1) is 0 Å². The zero-order valence-electron chi connectivity index (χ0n) is 16.2. The van der Waals surface area contributed by atoms with Gasteiger partial charge in [0.05, 0.1) is 32.0 Å². The Morgan fingerprint density at radius 2 is 1.76 bits per heavy atom. The minimum Gasteiger partial charge on any atom is -0.497 e. The highest BCUT2D eigenvalue weighted by Gasteiger charge is 2.11. The second-order valence-electron chi connectivity index (χ2n) is 5.88. The van der Waals surface area contributed by atoms with Gasteiger partial charge in [-0.3, -0.25) is 0 Å². The molecule has 0 saturated heterocycles. The molecule has 0 saturated carbocycles. The van der Waals surface area contributed by atoms with Crippen LogP contribution in [0.1, 0.15) is 10.4 Å². The van der Waals surface area contributed by atoms with Gasteiger partial charge in [-0.2, -0.15) is 4.98 Å². The van der Waals surface area contributed by atoms with Crippen LogP contribution in [0.4, 0.5) is 17.5 Å². The van der Waals surface area contributed by atoms with Crippen molar-refractivity contribution in [1.82, 2.24) is 9.97 Å². The number of hydrogen-bond donors (Lipinski definition) is 2. The molecule has 2 aromatic carbocycles. The first kappa shape index (κ1) is 19.9. The maximum atomic E-state index is 11.9. The molecule has 8 heteroatoms. The van der Waals surface area contributed by atoms with Crippen molar-refractivity contribution in [3.8, 4) is 11.5 Å². The van der Waals surface area contributed by atoms with Crippen molar-refractivity contribution in [2.45, 2.75) is 0 Å². The molecule has 8 nitrogen and oxygen atoms in total. The number of esters is 1. The number of hydrogen-bond acceptors (Lipinski definition) is 8. The van der Waals surface area contributed by atoms with E-state index in [4.69, 9.17) is 14.2 Å². The van der Waals surface area contributed by atoms with Crippen molar-refractivity contribution in [2.75, 3.05) is 38.0 Å². The molecule has 0 aliphatic rings.